The van der Waals surface area contributed by atoms with Crippen molar-refractivity contribution >= 4 is 17.7 Å². The van der Waals surface area contributed by atoms with Crippen molar-refractivity contribution in [1.82, 2.24) is 0 Å². The first-order valence-corrected chi connectivity index (χ1v) is 6.25. The summed E-state index contributed by atoms with van der Waals surface area (Å²) in [5.41, 5.74) is 1.03. The average Bonchev–Trinajstić information content (AvgIpc) is 2.28. The zero-order valence-corrected chi connectivity index (χ0v) is 10.5. The summed E-state index contributed by atoms with van der Waals surface area (Å²) in [6.45, 7) is 1.71. The van der Waals surface area contributed by atoms with E-state index < -0.39 is 5.97 Å². The molecule has 0 aliphatic rings. The van der Waals surface area contributed by atoms with Crippen molar-refractivity contribution in [3.8, 4) is 5.75 Å². The van der Waals surface area contributed by atoms with Crippen LogP contribution in [0.25, 0.3) is 0 Å². The molecule has 0 heterocycles. The van der Waals surface area contributed by atoms with Gasteiger partial charge >= 0.3 is 5.97 Å². The SMILES string of the molecule is COc1cccc(CC(C)C(=O)O)c1SC. The second-order valence-electron chi connectivity index (χ2n) is 3.60. The monoisotopic (exact) mass is 240 g/mol. The van der Waals surface area contributed by atoms with Crippen LogP contribution in [0.1, 0.15) is 12.5 Å². The van der Waals surface area contributed by atoms with E-state index in [1.807, 2.05) is 24.5 Å². The molecule has 0 radical (unpaired) electrons. The Bertz CT molecular complexity index is 377. The quantitative estimate of drug-likeness (QED) is 0.804. The number of ether oxygens (including phenoxy) is 1. The molecule has 0 aliphatic carbocycles. The van der Waals surface area contributed by atoms with Crippen LogP contribution in [0.15, 0.2) is 23.1 Å². The molecule has 1 unspecified atom stereocenters. The third-order valence-electron chi connectivity index (χ3n) is 2.43. The van der Waals surface area contributed by atoms with Crippen LogP contribution >= 0.6 is 11.8 Å². The lowest BCUT2D eigenvalue weighted by Gasteiger charge is -2.13. The number of hydrogen-bond donors (Lipinski definition) is 1. The van der Waals surface area contributed by atoms with Crippen molar-refractivity contribution in [1.29, 1.82) is 0 Å². The summed E-state index contributed by atoms with van der Waals surface area (Å²) in [5.74, 6) is -0.338. The lowest BCUT2D eigenvalue weighted by Crippen LogP contribution is -2.12. The Morgan fingerprint density at radius 2 is 2.25 bits per heavy atom. The van der Waals surface area contributed by atoms with Gasteiger partial charge in [0.2, 0.25) is 0 Å². The van der Waals surface area contributed by atoms with Gasteiger partial charge in [-0.25, -0.2) is 0 Å². The highest BCUT2D eigenvalue weighted by Crippen LogP contribution is 2.32. The van der Waals surface area contributed by atoms with Gasteiger partial charge in [-0.1, -0.05) is 19.1 Å². The molecule has 0 saturated carbocycles. The Kier molecular flexibility index (Phi) is 4.68. The summed E-state index contributed by atoms with van der Waals surface area (Å²) < 4.78 is 5.25. The van der Waals surface area contributed by atoms with E-state index in [1.54, 1.807) is 25.8 Å². The molecular weight excluding hydrogens is 224 g/mol. The van der Waals surface area contributed by atoms with Crippen LogP contribution in [0.3, 0.4) is 0 Å². The molecule has 3 nitrogen and oxygen atoms in total. The smallest absolute Gasteiger partial charge is 0.306 e. The lowest BCUT2D eigenvalue weighted by molar-refractivity contribution is -0.141. The molecule has 1 aromatic carbocycles. The Labute approximate surface area is 99.8 Å². The molecule has 1 N–H and O–H groups in total. The summed E-state index contributed by atoms with van der Waals surface area (Å²) in [6, 6.07) is 5.73. The summed E-state index contributed by atoms with van der Waals surface area (Å²) >= 11 is 1.58. The minimum Gasteiger partial charge on any atom is -0.496 e. The van der Waals surface area contributed by atoms with E-state index in [2.05, 4.69) is 0 Å². The van der Waals surface area contributed by atoms with Crippen molar-refractivity contribution in [2.75, 3.05) is 13.4 Å². The van der Waals surface area contributed by atoms with Crippen LogP contribution in [0.4, 0.5) is 0 Å². The van der Waals surface area contributed by atoms with Gasteiger partial charge in [0, 0.05) is 0 Å². The Morgan fingerprint density at radius 1 is 1.56 bits per heavy atom. The second kappa shape index (κ2) is 5.80. The van der Waals surface area contributed by atoms with Crippen LogP contribution in [0.5, 0.6) is 5.75 Å². The Morgan fingerprint density at radius 3 is 2.75 bits per heavy atom. The number of carboxylic acids is 1. The molecule has 0 spiro atoms. The number of carbonyl (C=O) groups is 1. The molecule has 0 bridgehead atoms. The summed E-state index contributed by atoms with van der Waals surface area (Å²) in [4.78, 5) is 11.8. The number of rotatable bonds is 5. The molecule has 0 saturated heterocycles. The topological polar surface area (TPSA) is 46.5 Å². The van der Waals surface area contributed by atoms with E-state index in [9.17, 15) is 4.79 Å². The van der Waals surface area contributed by atoms with Crippen molar-refractivity contribution in [3.05, 3.63) is 23.8 Å². The van der Waals surface area contributed by atoms with Crippen LogP contribution in [-0.2, 0) is 11.2 Å². The molecule has 1 rings (SSSR count). The number of carboxylic acid groups (broad SMARTS) is 1. The minimum absolute atomic E-state index is 0.377. The van der Waals surface area contributed by atoms with E-state index in [0.717, 1.165) is 16.2 Å². The predicted octanol–water partition coefficient (Wildman–Crippen LogP) is 2.68. The van der Waals surface area contributed by atoms with Crippen molar-refractivity contribution in [3.63, 3.8) is 0 Å². The van der Waals surface area contributed by atoms with Gasteiger partial charge in [-0.2, -0.15) is 0 Å². The third-order valence-corrected chi connectivity index (χ3v) is 3.30. The minimum atomic E-state index is -0.769. The normalized spacial score (nSPS) is 12.2. The molecule has 4 heteroatoms. The molecule has 16 heavy (non-hydrogen) atoms. The van der Waals surface area contributed by atoms with Crippen molar-refractivity contribution < 1.29 is 14.6 Å². The number of aliphatic carboxylic acids is 1. The van der Waals surface area contributed by atoms with Gasteiger partial charge in [0.15, 0.2) is 0 Å². The number of thioether (sulfide) groups is 1. The van der Waals surface area contributed by atoms with Crippen molar-refractivity contribution in [2.24, 2.45) is 5.92 Å². The maximum Gasteiger partial charge on any atom is 0.306 e. The third kappa shape index (κ3) is 2.92. The number of hydrogen-bond acceptors (Lipinski definition) is 3. The fraction of sp³-hybridized carbons (Fsp3) is 0.417. The maximum absolute atomic E-state index is 10.8. The maximum atomic E-state index is 10.8. The zero-order valence-electron chi connectivity index (χ0n) is 9.69. The van der Waals surface area contributed by atoms with Gasteiger partial charge in [-0.3, -0.25) is 4.79 Å². The van der Waals surface area contributed by atoms with Gasteiger partial charge in [0.25, 0.3) is 0 Å². The molecule has 0 fully saturated rings. The van der Waals surface area contributed by atoms with Crippen LogP contribution < -0.4 is 4.74 Å². The van der Waals surface area contributed by atoms with Crippen LogP contribution in [-0.4, -0.2) is 24.4 Å². The first-order chi connectivity index (χ1) is 7.60. The van der Waals surface area contributed by atoms with Gasteiger partial charge < -0.3 is 9.84 Å². The highest BCUT2D eigenvalue weighted by molar-refractivity contribution is 7.98. The van der Waals surface area contributed by atoms with E-state index in [1.165, 1.54) is 0 Å². The Hall–Kier alpha value is -1.16. The number of benzene rings is 1. The standard InChI is InChI=1S/C12H16O3S/c1-8(12(13)14)7-9-5-4-6-10(15-2)11(9)16-3/h4-6,8H,7H2,1-3H3,(H,13,14). The molecule has 1 aromatic rings. The largest absolute Gasteiger partial charge is 0.496 e. The summed E-state index contributed by atoms with van der Waals surface area (Å²) in [5, 5.41) is 8.90. The fourth-order valence-electron chi connectivity index (χ4n) is 1.53. The van der Waals surface area contributed by atoms with Gasteiger partial charge in [-0.05, 0) is 24.3 Å². The molecule has 88 valence electrons. The predicted molar refractivity (Wildman–Crippen MR) is 65.3 cm³/mol. The van der Waals surface area contributed by atoms with Crippen LogP contribution in [0.2, 0.25) is 0 Å². The first-order valence-electron chi connectivity index (χ1n) is 5.02. The first kappa shape index (κ1) is 12.9. The summed E-state index contributed by atoms with van der Waals surface area (Å²) in [6.07, 6.45) is 2.50. The molecule has 0 aliphatic heterocycles. The van der Waals surface area contributed by atoms with E-state index in [-0.39, 0.29) is 5.92 Å². The summed E-state index contributed by atoms with van der Waals surface area (Å²) in [7, 11) is 1.62. The molecular formula is C12H16O3S. The second-order valence-corrected chi connectivity index (χ2v) is 4.41. The average molecular weight is 240 g/mol. The van der Waals surface area contributed by atoms with E-state index >= 15 is 0 Å². The van der Waals surface area contributed by atoms with Gasteiger partial charge in [-0.15, -0.1) is 11.8 Å². The van der Waals surface area contributed by atoms with Gasteiger partial charge in [0.1, 0.15) is 5.75 Å². The van der Waals surface area contributed by atoms with Crippen LogP contribution in [0, 0.1) is 5.92 Å². The molecule has 1 atom stereocenters. The lowest BCUT2D eigenvalue weighted by atomic mass is 10.0. The highest BCUT2D eigenvalue weighted by Gasteiger charge is 2.15. The number of methoxy groups -OCH3 is 1. The van der Waals surface area contributed by atoms with Gasteiger partial charge in [0.05, 0.1) is 17.9 Å². The van der Waals surface area contributed by atoms with Crippen molar-refractivity contribution in [2.45, 2.75) is 18.2 Å². The molecule has 0 amide bonds. The highest BCUT2D eigenvalue weighted by atomic mass is 32.2. The molecule has 0 aromatic heterocycles. The zero-order chi connectivity index (χ0) is 12.1. The van der Waals surface area contributed by atoms with E-state index in [4.69, 9.17) is 9.84 Å². The van der Waals surface area contributed by atoms with E-state index in [0.29, 0.717) is 6.42 Å². The Balaban J connectivity index is 2.99. The fourth-order valence-corrected chi connectivity index (χ4v) is 2.30.